The average Bonchev–Trinajstić information content (AvgIpc) is 2.55. The highest BCUT2D eigenvalue weighted by Crippen LogP contribution is 2.45. The van der Waals surface area contributed by atoms with Gasteiger partial charge in [-0.3, -0.25) is 5.32 Å². The summed E-state index contributed by atoms with van der Waals surface area (Å²) in [6.07, 6.45) is -4.07. The Bertz CT molecular complexity index is 453. The van der Waals surface area contributed by atoms with Crippen LogP contribution in [0.25, 0.3) is 0 Å². The van der Waals surface area contributed by atoms with Gasteiger partial charge in [0.2, 0.25) is 0 Å². The van der Waals surface area contributed by atoms with Gasteiger partial charge in [0.25, 0.3) is 0 Å². The average molecular weight is 279 g/mol. The molecule has 2 rings (SSSR count). The van der Waals surface area contributed by atoms with E-state index in [0.29, 0.717) is 17.1 Å². The lowest BCUT2D eigenvalue weighted by Crippen LogP contribution is -2.63. The van der Waals surface area contributed by atoms with E-state index >= 15 is 0 Å². The van der Waals surface area contributed by atoms with E-state index in [1.54, 1.807) is 13.0 Å². The number of nitrogens with one attached hydrogen (secondary N) is 2. The normalized spacial score (nSPS) is 18.0. The molecule has 0 aromatic carbocycles. The first-order chi connectivity index (χ1) is 8.32. The van der Waals surface area contributed by atoms with Crippen molar-refractivity contribution < 1.29 is 18.0 Å². The summed E-state index contributed by atoms with van der Waals surface area (Å²) in [4.78, 5) is 11.5. The van der Waals surface area contributed by atoms with Crippen molar-refractivity contribution in [2.45, 2.75) is 37.9 Å². The number of halogens is 3. The van der Waals surface area contributed by atoms with Crippen molar-refractivity contribution in [2.75, 3.05) is 5.32 Å². The molecule has 0 atom stereocenters. The SMILES string of the molecule is Cc1cc(NC(=O)NC2(C(F)(F)F)CCC2)sn1. The Kier molecular flexibility index (Phi) is 3.22. The molecular formula is C10H12F3N3OS. The van der Waals surface area contributed by atoms with Crippen molar-refractivity contribution in [3.63, 3.8) is 0 Å². The highest BCUT2D eigenvalue weighted by molar-refractivity contribution is 7.10. The summed E-state index contributed by atoms with van der Waals surface area (Å²) in [5.74, 6) is 0. The molecule has 8 heteroatoms. The maximum Gasteiger partial charge on any atom is 0.411 e. The predicted molar refractivity (Wildman–Crippen MR) is 61.6 cm³/mol. The minimum Gasteiger partial charge on any atom is -0.323 e. The van der Waals surface area contributed by atoms with Crippen molar-refractivity contribution >= 4 is 22.6 Å². The summed E-state index contributed by atoms with van der Waals surface area (Å²) >= 11 is 1.03. The molecule has 2 amide bonds. The summed E-state index contributed by atoms with van der Waals surface area (Å²) in [5, 5.41) is 4.83. The van der Waals surface area contributed by atoms with Crippen LogP contribution < -0.4 is 10.6 Å². The third-order valence-corrected chi connectivity index (χ3v) is 3.76. The molecule has 1 saturated carbocycles. The monoisotopic (exact) mass is 279 g/mol. The summed E-state index contributed by atoms with van der Waals surface area (Å²) in [6, 6.07) is 0.765. The molecule has 1 fully saturated rings. The van der Waals surface area contributed by atoms with Crippen LogP contribution >= 0.6 is 11.5 Å². The van der Waals surface area contributed by atoms with E-state index < -0.39 is 17.7 Å². The van der Waals surface area contributed by atoms with Gasteiger partial charge in [-0.2, -0.15) is 17.5 Å². The van der Waals surface area contributed by atoms with Crippen LogP contribution in [0.1, 0.15) is 25.0 Å². The second-order valence-corrected chi connectivity index (χ2v) is 5.15. The van der Waals surface area contributed by atoms with Gasteiger partial charge in [-0.1, -0.05) is 0 Å². The molecular weight excluding hydrogens is 267 g/mol. The van der Waals surface area contributed by atoms with Crippen molar-refractivity contribution in [1.29, 1.82) is 0 Å². The number of aryl methyl sites for hydroxylation is 1. The number of urea groups is 1. The molecule has 1 aliphatic rings. The molecule has 4 nitrogen and oxygen atoms in total. The smallest absolute Gasteiger partial charge is 0.323 e. The molecule has 0 bridgehead atoms. The van der Waals surface area contributed by atoms with Crippen molar-refractivity contribution in [2.24, 2.45) is 0 Å². The van der Waals surface area contributed by atoms with Crippen LogP contribution in [0.2, 0.25) is 0 Å². The topological polar surface area (TPSA) is 54.0 Å². The number of alkyl halides is 3. The molecule has 1 heterocycles. The number of carbonyl (C=O) groups is 1. The minimum absolute atomic E-state index is 0.0639. The molecule has 0 spiro atoms. The molecule has 1 aromatic rings. The number of anilines is 1. The van der Waals surface area contributed by atoms with Crippen LogP contribution in [0, 0.1) is 6.92 Å². The van der Waals surface area contributed by atoms with E-state index in [2.05, 4.69) is 9.69 Å². The summed E-state index contributed by atoms with van der Waals surface area (Å²) in [5.41, 5.74) is -1.35. The molecule has 18 heavy (non-hydrogen) atoms. The maximum atomic E-state index is 12.8. The van der Waals surface area contributed by atoms with Crippen LogP contribution in [0.5, 0.6) is 0 Å². The highest BCUT2D eigenvalue weighted by Gasteiger charge is 2.59. The van der Waals surface area contributed by atoms with E-state index in [-0.39, 0.29) is 12.8 Å². The Morgan fingerprint density at radius 1 is 1.50 bits per heavy atom. The van der Waals surface area contributed by atoms with Gasteiger partial charge in [-0.05, 0) is 43.8 Å². The number of hydrogen-bond acceptors (Lipinski definition) is 3. The standard InChI is InChI=1S/C10H12F3N3OS/c1-6-5-7(18-16-6)14-8(17)15-9(3-2-4-9)10(11,12)13/h5H,2-4H2,1H3,(H2,14,15,17). The summed E-state index contributed by atoms with van der Waals surface area (Å²) in [7, 11) is 0. The number of carbonyl (C=O) groups excluding carboxylic acids is 1. The fourth-order valence-corrected chi connectivity index (χ4v) is 2.45. The van der Waals surface area contributed by atoms with Crippen LogP contribution in [0.3, 0.4) is 0 Å². The van der Waals surface area contributed by atoms with Gasteiger partial charge in [0.05, 0.1) is 5.69 Å². The van der Waals surface area contributed by atoms with Gasteiger partial charge in [0.15, 0.2) is 0 Å². The summed E-state index contributed by atoms with van der Waals surface area (Å²) in [6.45, 7) is 1.74. The lowest BCUT2D eigenvalue weighted by Gasteiger charge is -2.43. The molecule has 1 aromatic heterocycles. The van der Waals surface area contributed by atoms with E-state index in [1.807, 2.05) is 5.32 Å². The van der Waals surface area contributed by atoms with Gasteiger partial charge in [0.1, 0.15) is 10.5 Å². The van der Waals surface area contributed by atoms with Crippen LogP contribution in [-0.2, 0) is 0 Å². The first-order valence-electron chi connectivity index (χ1n) is 5.42. The third kappa shape index (κ3) is 2.43. The quantitative estimate of drug-likeness (QED) is 0.874. The zero-order chi connectivity index (χ0) is 13.4. The third-order valence-electron chi connectivity index (χ3n) is 2.97. The highest BCUT2D eigenvalue weighted by atomic mass is 32.1. The van der Waals surface area contributed by atoms with Gasteiger partial charge in [-0.25, -0.2) is 4.79 Å². The molecule has 0 radical (unpaired) electrons. The molecule has 1 aliphatic carbocycles. The predicted octanol–water partition coefficient (Wildman–Crippen LogP) is 3.06. The van der Waals surface area contributed by atoms with E-state index in [9.17, 15) is 18.0 Å². The Morgan fingerprint density at radius 2 is 2.17 bits per heavy atom. The summed E-state index contributed by atoms with van der Waals surface area (Å²) < 4.78 is 42.3. The molecule has 0 saturated heterocycles. The van der Waals surface area contributed by atoms with Crippen molar-refractivity contribution in [1.82, 2.24) is 9.69 Å². The largest absolute Gasteiger partial charge is 0.411 e. The zero-order valence-electron chi connectivity index (χ0n) is 9.60. The number of hydrogen-bond donors (Lipinski definition) is 2. The Morgan fingerprint density at radius 3 is 2.56 bits per heavy atom. The van der Waals surface area contributed by atoms with E-state index in [1.165, 1.54) is 0 Å². The van der Waals surface area contributed by atoms with Gasteiger partial charge >= 0.3 is 12.2 Å². The van der Waals surface area contributed by atoms with Gasteiger partial charge in [0, 0.05) is 0 Å². The van der Waals surface area contributed by atoms with E-state index in [4.69, 9.17) is 0 Å². The Balaban J connectivity index is 1.99. The van der Waals surface area contributed by atoms with E-state index in [0.717, 1.165) is 11.5 Å². The number of nitrogens with zero attached hydrogens (tertiary/aromatic N) is 1. The lowest BCUT2D eigenvalue weighted by atomic mass is 9.76. The zero-order valence-corrected chi connectivity index (χ0v) is 10.4. The first kappa shape index (κ1) is 13.1. The molecule has 2 N–H and O–H groups in total. The second-order valence-electron chi connectivity index (χ2n) is 4.35. The fourth-order valence-electron chi connectivity index (χ4n) is 1.79. The lowest BCUT2D eigenvalue weighted by molar-refractivity contribution is -0.214. The van der Waals surface area contributed by atoms with Crippen LogP contribution in [-0.4, -0.2) is 22.1 Å². The van der Waals surface area contributed by atoms with Crippen molar-refractivity contribution in [3.05, 3.63) is 11.8 Å². The maximum absolute atomic E-state index is 12.8. The van der Waals surface area contributed by atoms with Crippen LogP contribution in [0.15, 0.2) is 6.07 Å². The first-order valence-corrected chi connectivity index (χ1v) is 6.19. The molecule has 0 unspecified atom stereocenters. The number of amides is 2. The minimum atomic E-state index is -4.41. The molecule has 100 valence electrons. The van der Waals surface area contributed by atoms with Crippen molar-refractivity contribution in [3.8, 4) is 0 Å². The Hall–Kier alpha value is -1.31. The second kappa shape index (κ2) is 4.42. The molecule has 0 aliphatic heterocycles. The van der Waals surface area contributed by atoms with Gasteiger partial charge in [-0.15, -0.1) is 0 Å². The number of aromatic nitrogens is 1. The fraction of sp³-hybridized carbons (Fsp3) is 0.600. The Labute approximate surface area is 106 Å². The van der Waals surface area contributed by atoms with Gasteiger partial charge < -0.3 is 5.32 Å². The number of rotatable bonds is 2. The van der Waals surface area contributed by atoms with Crippen LogP contribution in [0.4, 0.5) is 23.0 Å².